The van der Waals surface area contributed by atoms with Gasteiger partial charge in [0.2, 0.25) is 0 Å². The fraction of sp³-hybridized carbons (Fsp3) is 0. The van der Waals surface area contributed by atoms with Gasteiger partial charge in [0.05, 0.1) is 6.19 Å². The molecule has 0 atom stereocenters. The van der Waals surface area contributed by atoms with Crippen molar-refractivity contribution in [1.29, 1.82) is 0 Å². The topological polar surface area (TPSA) is 17.1 Å². The van der Waals surface area contributed by atoms with Gasteiger partial charge in [-0.15, -0.1) is 0 Å². The van der Waals surface area contributed by atoms with Gasteiger partial charge in [-0.2, -0.15) is 0 Å². The molecule has 1 saturated heterocycles. The first-order chi connectivity index (χ1) is 3.43. The first kappa shape index (κ1) is 5.14. The summed E-state index contributed by atoms with van der Waals surface area (Å²) in [6, 6.07) is 0. The predicted molar refractivity (Wildman–Crippen MR) is 35.5 cm³/mol. The van der Waals surface area contributed by atoms with Crippen LogP contribution in [0.2, 0.25) is 0 Å². The van der Waals surface area contributed by atoms with Crippen molar-refractivity contribution >= 4 is 40.9 Å². The van der Waals surface area contributed by atoms with Gasteiger partial charge in [-0.1, -0.05) is 0 Å². The molecule has 1 fully saturated rings. The summed E-state index contributed by atoms with van der Waals surface area (Å²) in [5.41, 5.74) is 0. The fourth-order valence-corrected chi connectivity index (χ4v) is 0.540. The Bertz CT molecular complexity index is 66.5. The van der Waals surface area contributed by atoms with Crippen LogP contribution >= 0.6 is 0 Å². The lowest BCUT2D eigenvalue weighted by molar-refractivity contribution is 0.568. The maximum atomic E-state index is 9.90. The van der Waals surface area contributed by atoms with Crippen molar-refractivity contribution in [2.45, 2.75) is 0 Å². The Balaban J connectivity index is 2.26. The number of hydrogen-bond donors (Lipinski definition) is 0. The molecule has 0 aromatic rings. The Morgan fingerprint density at radius 3 is 2.14 bits per heavy atom. The summed E-state index contributed by atoms with van der Waals surface area (Å²) in [5.74, 6) is 0. The summed E-state index contributed by atoms with van der Waals surface area (Å²) >= 11 is 0. The molecular weight excluding hydrogens is 82.1 g/mol. The van der Waals surface area contributed by atoms with Crippen molar-refractivity contribution in [2.75, 3.05) is 0 Å². The molecule has 1 aliphatic rings. The van der Waals surface area contributed by atoms with E-state index in [1.165, 1.54) is 0 Å². The van der Waals surface area contributed by atoms with Crippen molar-refractivity contribution in [2.24, 2.45) is 0 Å². The molecule has 0 spiro atoms. The molecule has 0 aromatic heterocycles. The molecule has 0 amide bonds. The summed E-state index contributed by atoms with van der Waals surface area (Å²) in [4.78, 5) is 9.90. The van der Waals surface area contributed by atoms with Gasteiger partial charge in [0, 0.05) is 28.2 Å². The Kier molecular flexibility index (Phi) is 1.72. The van der Waals surface area contributed by atoms with Crippen molar-refractivity contribution in [3.05, 3.63) is 0 Å². The maximum Gasteiger partial charge on any atom is 0.122 e. The molecule has 1 heterocycles. The molecule has 6 heteroatoms. The van der Waals surface area contributed by atoms with Gasteiger partial charge >= 0.3 is 0 Å². The van der Waals surface area contributed by atoms with E-state index in [1.807, 2.05) is 28.2 Å². The van der Waals surface area contributed by atoms with E-state index in [1.54, 1.807) is 0 Å². The van der Waals surface area contributed by atoms with Gasteiger partial charge in [-0.3, -0.25) is 0 Å². The predicted octanol–water partition coefficient (Wildman–Crippen LogP) is -2.18. The summed E-state index contributed by atoms with van der Waals surface area (Å²) in [6.07, 6.45) is 0.917. The molecule has 7 heavy (non-hydrogen) atoms. The van der Waals surface area contributed by atoms with E-state index in [0.717, 1.165) is 6.19 Å². The van der Waals surface area contributed by atoms with Crippen LogP contribution < -0.4 is 0 Å². The summed E-state index contributed by atoms with van der Waals surface area (Å²) in [6.45, 7) is 0.0556. The lowest BCUT2D eigenvalue weighted by Crippen LogP contribution is -2.26. The zero-order valence-corrected chi connectivity index (χ0v) is 3.87. The Morgan fingerprint density at radius 1 is 1.29 bits per heavy atom. The first-order valence-electron chi connectivity index (χ1n) is 2.24. The van der Waals surface area contributed by atoms with Crippen LogP contribution in [0.4, 0.5) is 0 Å². The highest BCUT2D eigenvalue weighted by atomic mass is 16.1. The molecule has 4 radical (unpaired) electrons. The van der Waals surface area contributed by atoms with Crippen molar-refractivity contribution in [3.63, 3.8) is 0 Å². The van der Waals surface area contributed by atoms with E-state index in [-0.39, 0.29) is 6.49 Å². The molecule has 0 N–H and O–H groups in total. The van der Waals surface area contributed by atoms with Gasteiger partial charge in [0.15, 0.2) is 0 Å². The van der Waals surface area contributed by atoms with Crippen LogP contribution in [-0.2, 0) is 4.79 Å². The van der Waals surface area contributed by atoms with Crippen LogP contribution in [-0.4, -0.2) is 40.9 Å². The van der Waals surface area contributed by atoms with Gasteiger partial charge in [-0.05, 0) is 0 Å². The minimum absolute atomic E-state index is 0.0556. The lowest BCUT2D eigenvalue weighted by atomic mass is 9.05. The molecule has 0 bridgehead atoms. The van der Waals surface area contributed by atoms with E-state index in [9.17, 15) is 4.79 Å². The largest absolute Gasteiger partial charge is 0.316 e. The van der Waals surface area contributed by atoms with E-state index >= 15 is 0 Å². The third-order valence-corrected chi connectivity index (χ3v) is 0.935. The third kappa shape index (κ3) is 1.18. The summed E-state index contributed by atoms with van der Waals surface area (Å²) in [7, 11) is 7.46. The zero-order chi connectivity index (χ0) is 5.11. The van der Waals surface area contributed by atoms with Gasteiger partial charge in [0.1, 0.15) is 6.49 Å². The van der Waals surface area contributed by atoms with Gasteiger partial charge in [0.25, 0.3) is 0 Å². The van der Waals surface area contributed by atoms with Crippen LogP contribution in [0.25, 0.3) is 0 Å². The van der Waals surface area contributed by atoms with E-state index in [0.29, 0.717) is 0 Å². The number of carbonyl (C=O) groups is 1. The molecule has 0 saturated carbocycles. The average molecular weight is 83.1 g/mol. The fourth-order valence-electron chi connectivity index (χ4n) is 0.540. The second kappa shape index (κ2) is 2.34. The molecular formula is CHB5O. The van der Waals surface area contributed by atoms with Crippen LogP contribution in [0.3, 0.4) is 0 Å². The zero-order valence-electron chi connectivity index (χ0n) is 3.87. The molecule has 1 rings (SSSR count). The second-order valence-electron chi connectivity index (χ2n) is 1.48. The Morgan fingerprint density at radius 2 is 1.86 bits per heavy atom. The number of rotatable bonds is 1. The summed E-state index contributed by atoms with van der Waals surface area (Å²) in [5, 5.41) is 0. The van der Waals surface area contributed by atoms with E-state index < -0.39 is 0 Å². The van der Waals surface area contributed by atoms with Crippen molar-refractivity contribution in [3.8, 4) is 0 Å². The third-order valence-electron chi connectivity index (χ3n) is 0.935. The highest BCUT2D eigenvalue weighted by Crippen LogP contribution is 1.76. The average Bonchev–Trinajstić information content (AvgIpc) is 2.14. The first-order valence-corrected chi connectivity index (χ1v) is 2.24. The van der Waals surface area contributed by atoms with E-state index in [2.05, 4.69) is 0 Å². The normalized spacial score (nSPS) is 15.7. The second-order valence-corrected chi connectivity index (χ2v) is 1.48. The van der Waals surface area contributed by atoms with Crippen molar-refractivity contribution < 1.29 is 4.79 Å². The minimum Gasteiger partial charge on any atom is -0.316 e. The minimum atomic E-state index is 0.0556. The van der Waals surface area contributed by atoms with Crippen LogP contribution in [0, 0.1) is 0 Å². The van der Waals surface area contributed by atoms with Crippen molar-refractivity contribution in [1.82, 2.24) is 0 Å². The summed E-state index contributed by atoms with van der Waals surface area (Å²) < 4.78 is 0. The van der Waals surface area contributed by atoms with Gasteiger partial charge < -0.3 is 4.79 Å². The quantitative estimate of drug-likeness (QED) is 0.260. The lowest BCUT2D eigenvalue weighted by Gasteiger charge is -1.84. The number of hydrogen-bond acceptors (Lipinski definition) is 1. The van der Waals surface area contributed by atoms with E-state index in [4.69, 9.17) is 0 Å². The van der Waals surface area contributed by atoms with Crippen LogP contribution in [0.1, 0.15) is 0 Å². The standard InChI is InChI=1S/CHB5O/c7-1-6-4-2-3-5-6/h1H. The molecule has 0 aromatic carbocycles. The Hall–Kier alpha value is -0.00532. The van der Waals surface area contributed by atoms with Crippen LogP contribution in [0.5, 0.6) is 0 Å². The number of carbonyl (C=O) groups excluding carboxylic acids is 1. The SMILES string of the molecule is O=CB1[B][B][B][B]1. The molecule has 26 valence electrons. The molecule has 0 unspecified atom stereocenters. The smallest absolute Gasteiger partial charge is 0.122 e. The Labute approximate surface area is 46.6 Å². The highest BCUT2D eigenvalue weighted by molar-refractivity contribution is 7.84. The molecule has 1 nitrogen and oxygen atoms in total. The molecule has 1 aliphatic heterocycles. The maximum absolute atomic E-state index is 9.90. The molecule has 0 aliphatic carbocycles. The van der Waals surface area contributed by atoms with Gasteiger partial charge in [-0.25, -0.2) is 0 Å². The monoisotopic (exact) mass is 84.0 g/mol. The van der Waals surface area contributed by atoms with Crippen LogP contribution in [0.15, 0.2) is 0 Å². The highest BCUT2D eigenvalue weighted by Gasteiger charge is 2.18.